The Balaban J connectivity index is 1.58. The lowest BCUT2D eigenvalue weighted by Gasteiger charge is -2.35. The second-order valence-corrected chi connectivity index (χ2v) is 9.14. The molecule has 0 saturated carbocycles. The van der Waals surface area contributed by atoms with Gasteiger partial charge in [0.1, 0.15) is 5.82 Å². The number of amides is 2. The SMILES string of the molecule is CCC1=Cc2c(cnn2-c2ccc(F)cc2)C(C(=O)NC(CC)C2CCN(C(C)=O)CC2)=CC1. The van der Waals surface area contributed by atoms with Gasteiger partial charge in [-0.05, 0) is 68.4 Å². The zero-order valence-corrected chi connectivity index (χ0v) is 20.2. The van der Waals surface area contributed by atoms with Crippen molar-refractivity contribution in [3.05, 3.63) is 59.2 Å². The van der Waals surface area contributed by atoms with Crippen molar-refractivity contribution in [1.29, 1.82) is 0 Å². The smallest absolute Gasteiger partial charge is 0.251 e. The highest BCUT2D eigenvalue weighted by Crippen LogP contribution is 2.31. The lowest BCUT2D eigenvalue weighted by atomic mass is 9.87. The van der Waals surface area contributed by atoms with E-state index in [0.29, 0.717) is 17.9 Å². The number of hydrogen-bond donors (Lipinski definition) is 1. The van der Waals surface area contributed by atoms with Crippen molar-refractivity contribution < 1.29 is 14.0 Å². The van der Waals surface area contributed by atoms with E-state index in [4.69, 9.17) is 0 Å². The Morgan fingerprint density at radius 2 is 1.88 bits per heavy atom. The number of fused-ring (bicyclic) bond motifs is 1. The van der Waals surface area contributed by atoms with Crippen LogP contribution in [0.2, 0.25) is 0 Å². The van der Waals surface area contributed by atoms with Gasteiger partial charge in [0.2, 0.25) is 5.91 Å². The van der Waals surface area contributed by atoms with Gasteiger partial charge in [-0.15, -0.1) is 0 Å². The van der Waals surface area contributed by atoms with Crippen LogP contribution in [0.1, 0.15) is 64.1 Å². The van der Waals surface area contributed by atoms with Crippen molar-refractivity contribution in [2.45, 2.75) is 58.9 Å². The van der Waals surface area contributed by atoms with E-state index < -0.39 is 0 Å². The topological polar surface area (TPSA) is 67.2 Å². The maximum atomic E-state index is 13.5. The lowest BCUT2D eigenvalue weighted by Crippen LogP contribution is -2.46. The summed E-state index contributed by atoms with van der Waals surface area (Å²) in [4.78, 5) is 27.1. The first-order valence-corrected chi connectivity index (χ1v) is 12.2. The number of piperidine rings is 1. The van der Waals surface area contributed by atoms with Gasteiger partial charge >= 0.3 is 0 Å². The number of allylic oxidation sites excluding steroid dienone is 2. The van der Waals surface area contributed by atoms with E-state index >= 15 is 0 Å². The van der Waals surface area contributed by atoms with Crippen LogP contribution >= 0.6 is 0 Å². The first-order chi connectivity index (χ1) is 16.4. The van der Waals surface area contributed by atoms with Crippen molar-refractivity contribution in [2.75, 3.05) is 13.1 Å². The van der Waals surface area contributed by atoms with Crippen LogP contribution in [0.3, 0.4) is 0 Å². The summed E-state index contributed by atoms with van der Waals surface area (Å²) in [6.07, 6.45) is 10.0. The van der Waals surface area contributed by atoms with Crippen molar-refractivity contribution in [1.82, 2.24) is 20.0 Å². The van der Waals surface area contributed by atoms with Gasteiger partial charge in [0.25, 0.3) is 5.91 Å². The molecule has 1 saturated heterocycles. The predicted octanol–water partition coefficient (Wildman–Crippen LogP) is 4.75. The van der Waals surface area contributed by atoms with Gasteiger partial charge in [-0.2, -0.15) is 5.10 Å². The number of hydrogen-bond acceptors (Lipinski definition) is 3. The molecule has 4 rings (SSSR count). The Kier molecular flexibility index (Phi) is 7.29. The van der Waals surface area contributed by atoms with E-state index in [2.05, 4.69) is 30.3 Å². The fraction of sp³-hybridized carbons (Fsp3) is 0.444. The van der Waals surface area contributed by atoms with Crippen LogP contribution in [-0.4, -0.2) is 45.6 Å². The van der Waals surface area contributed by atoms with Gasteiger partial charge < -0.3 is 10.2 Å². The Morgan fingerprint density at radius 1 is 1.18 bits per heavy atom. The first-order valence-electron chi connectivity index (χ1n) is 12.2. The van der Waals surface area contributed by atoms with E-state index in [1.54, 1.807) is 29.9 Å². The van der Waals surface area contributed by atoms with Gasteiger partial charge in [0.15, 0.2) is 0 Å². The molecule has 6 nitrogen and oxygen atoms in total. The molecule has 2 heterocycles. The monoisotopic (exact) mass is 464 g/mol. The summed E-state index contributed by atoms with van der Waals surface area (Å²) in [5.41, 5.74) is 4.20. The highest BCUT2D eigenvalue weighted by molar-refractivity contribution is 6.20. The summed E-state index contributed by atoms with van der Waals surface area (Å²) in [7, 11) is 0. The molecule has 1 aromatic carbocycles. The summed E-state index contributed by atoms with van der Waals surface area (Å²) in [5.74, 6) is 0.0729. The fourth-order valence-corrected chi connectivity index (χ4v) is 4.97. The molecule has 34 heavy (non-hydrogen) atoms. The standard InChI is InChI=1S/C27H33FN4O2/c1-4-19-6-11-23(24-17-29-32(26(24)16-19)22-9-7-21(28)8-10-22)27(34)30-25(5-2)20-12-14-31(15-13-20)18(3)33/h7-11,16-17,20,25H,4-6,12-15H2,1-3H3,(H,30,34). The summed E-state index contributed by atoms with van der Waals surface area (Å²) < 4.78 is 15.2. The van der Waals surface area contributed by atoms with Crippen LogP contribution in [0.25, 0.3) is 17.3 Å². The van der Waals surface area contributed by atoms with Gasteiger partial charge in [0.05, 0.1) is 17.6 Å². The number of benzene rings is 1. The molecule has 0 spiro atoms. The molecule has 1 aliphatic carbocycles. The average molecular weight is 465 g/mol. The van der Waals surface area contributed by atoms with Gasteiger partial charge in [-0.25, -0.2) is 9.07 Å². The Morgan fingerprint density at radius 3 is 2.50 bits per heavy atom. The number of halogens is 1. The third-order valence-electron chi connectivity index (χ3n) is 7.09. The second kappa shape index (κ2) is 10.4. The highest BCUT2D eigenvalue weighted by Gasteiger charge is 2.29. The quantitative estimate of drug-likeness (QED) is 0.671. The zero-order valence-electron chi connectivity index (χ0n) is 20.2. The van der Waals surface area contributed by atoms with Crippen LogP contribution in [0.4, 0.5) is 4.39 Å². The Hall–Kier alpha value is -3.22. The molecular formula is C27H33FN4O2. The molecule has 1 fully saturated rings. The third-order valence-corrected chi connectivity index (χ3v) is 7.09. The van der Waals surface area contributed by atoms with Crippen LogP contribution in [0, 0.1) is 11.7 Å². The molecule has 1 aromatic heterocycles. The normalized spacial score (nSPS) is 17.4. The molecule has 2 aromatic rings. The lowest BCUT2D eigenvalue weighted by molar-refractivity contribution is -0.130. The Labute approximate surface area is 200 Å². The minimum Gasteiger partial charge on any atom is -0.349 e. The Bertz CT molecular complexity index is 1110. The highest BCUT2D eigenvalue weighted by atomic mass is 19.1. The van der Waals surface area contributed by atoms with E-state index in [9.17, 15) is 14.0 Å². The number of likely N-dealkylation sites (tertiary alicyclic amines) is 1. The summed E-state index contributed by atoms with van der Waals surface area (Å²) in [5, 5.41) is 7.83. The largest absolute Gasteiger partial charge is 0.349 e. The number of carbonyl (C=O) groups is 2. The molecule has 1 unspecified atom stereocenters. The first kappa shape index (κ1) is 23.9. The molecule has 0 bridgehead atoms. The van der Waals surface area contributed by atoms with Crippen LogP contribution < -0.4 is 5.32 Å². The number of nitrogens with zero attached hydrogens (tertiary/aromatic N) is 3. The maximum Gasteiger partial charge on any atom is 0.251 e. The second-order valence-electron chi connectivity index (χ2n) is 9.14. The molecule has 1 atom stereocenters. The molecule has 2 amide bonds. The van der Waals surface area contributed by atoms with Gasteiger partial charge in [0, 0.05) is 37.2 Å². The average Bonchev–Trinajstić information content (AvgIpc) is 3.15. The number of aromatic nitrogens is 2. The number of nitrogens with one attached hydrogen (secondary N) is 1. The van der Waals surface area contributed by atoms with E-state index in [1.807, 2.05) is 11.0 Å². The fourth-order valence-electron chi connectivity index (χ4n) is 4.97. The molecule has 0 radical (unpaired) electrons. The number of rotatable bonds is 6. The predicted molar refractivity (Wildman–Crippen MR) is 132 cm³/mol. The third kappa shape index (κ3) is 4.98. The molecule has 1 N–H and O–H groups in total. The van der Waals surface area contributed by atoms with E-state index in [-0.39, 0.29) is 23.7 Å². The minimum atomic E-state index is -0.300. The molecule has 1 aliphatic heterocycles. The zero-order chi connectivity index (χ0) is 24.2. The van der Waals surface area contributed by atoms with Crippen molar-refractivity contribution in [2.24, 2.45) is 5.92 Å². The molecule has 2 aliphatic rings. The van der Waals surface area contributed by atoms with Crippen molar-refractivity contribution >= 4 is 23.5 Å². The molecule has 7 heteroatoms. The maximum absolute atomic E-state index is 13.5. The van der Waals surface area contributed by atoms with E-state index in [0.717, 1.165) is 55.7 Å². The summed E-state index contributed by atoms with van der Waals surface area (Å²) in [6.45, 7) is 7.29. The molecular weight excluding hydrogens is 431 g/mol. The summed E-state index contributed by atoms with van der Waals surface area (Å²) >= 11 is 0. The van der Waals surface area contributed by atoms with Crippen LogP contribution in [0.15, 0.2) is 42.1 Å². The van der Waals surface area contributed by atoms with Gasteiger partial charge in [-0.3, -0.25) is 9.59 Å². The molecule has 180 valence electrons. The summed E-state index contributed by atoms with van der Waals surface area (Å²) in [6, 6.07) is 6.27. The van der Waals surface area contributed by atoms with E-state index in [1.165, 1.54) is 17.7 Å². The van der Waals surface area contributed by atoms with Crippen molar-refractivity contribution in [3.8, 4) is 5.69 Å². The minimum absolute atomic E-state index is 0.0555. The van der Waals surface area contributed by atoms with Gasteiger partial charge in [-0.1, -0.05) is 25.5 Å². The van der Waals surface area contributed by atoms with Crippen LogP contribution in [-0.2, 0) is 9.59 Å². The number of carbonyl (C=O) groups excluding carboxylic acids is 2. The van der Waals surface area contributed by atoms with Crippen LogP contribution in [0.5, 0.6) is 0 Å². The van der Waals surface area contributed by atoms with Crippen molar-refractivity contribution in [3.63, 3.8) is 0 Å².